The maximum atomic E-state index is 13.3. The normalized spacial score (nSPS) is 10.4. The number of aromatic nitrogens is 3. The van der Waals surface area contributed by atoms with E-state index < -0.39 is 11.7 Å². The lowest BCUT2D eigenvalue weighted by molar-refractivity contribution is 0.102. The van der Waals surface area contributed by atoms with Crippen LogP contribution in [0.4, 0.5) is 22.0 Å². The van der Waals surface area contributed by atoms with Gasteiger partial charge in [0.15, 0.2) is 5.96 Å². The fraction of sp³-hybridized carbons (Fsp3) is 0.0588. The summed E-state index contributed by atoms with van der Waals surface area (Å²) in [5, 5.41) is 5.45. The Hall–Kier alpha value is -3.66. The van der Waals surface area contributed by atoms with E-state index in [1.54, 1.807) is 25.2 Å². The van der Waals surface area contributed by atoms with Crippen molar-refractivity contribution in [3.63, 3.8) is 0 Å². The van der Waals surface area contributed by atoms with Gasteiger partial charge < -0.3 is 27.1 Å². The SMILES string of the molecule is CNc1cc(NC(=O)c2ccc(-c3ccc(F)c(Cl)c3)[nH]2)nc(N=C(N)N)n1. The van der Waals surface area contributed by atoms with Crippen molar-refractivity contribution >= 4 is 41.1 Å². The number of carbonyl (C=O) groups is 1. The van der Waals surface area contributed by atoms with Gasteiger partial charge in [-0.25, -0.2) is 4.39 Å². The molecule has 1 amide bonds. The number of H-pyrrole nitrogens is 1. The van der Waals surface area contributed by atoms with Crippen LogP contribution in [-0.2, 0) is 0 Å². The second-order valence-electron chi connectivity index (χ2n) is 5.59. The molecule has 0 radical (unpaired) electrons. The molecule has 28 heavy (non-hydrogen) atoms. The lowest BCUT2D eigenvalue weighted by Gasteiger charge is -2.07. The van der Waals surface area contributed by atoms with Crippen LogP contribution in [0.5, 0.6) is 0 Å². The number of nitrogens with two attached hydrogens (primary N) is 2. The first-order chi connectivity index (χ1) is 13.4. The Morgan fingerprint density at radius 1 is 1.18 bits per heavy atom. The van der Waals surface area contributed by atoms with Crippen LogP contribution in [0.1, 0.15) is 10.5 Å². The molecular weight excluding hydrogens is 387 g/mol. The van der Waals surface area contributed by atoms with Crippen molar-refractivity contribution in [2.24, 2.45) is 16.5 Å². The zero-order valence-corrected chi connectivity index (χ0v) is 15.4. The molecule has 0 saturated heterocycles. The van der Waals surface area contributed by atoms with Crippen LogP contribution in [0.2, 0.25) is 5.02 Å². The number of rotatable bonds is 5. The smallest absolute Gasteiger partial charge is 0.273 e. The number of halogens is 2. The Kier molecular flexibility index (Phi) is 5.41. The summed E-state index contributed by atoms with van der Waals surface area (Å²) in [6.45, 7) is 0. The molecule has 2 heterocycles. The van der Waals surface area contributed by atoms with Crippen molar-refractivity contribution in [3.05, 3.63) is 52.9 Å². The van der Waals surface area contributed by atoms with Gasteiger partial charge in [-0.1, -0.05) is 11.6 Å². The first kappa shape index (κ1) is 19.1. The highest BCUT2D eigenvalue weighted by molar-refractivity contribution is 6.31. The highest BCUT2D eigenvalue weighted by Gasteiger charge is 2.13. The number of aliphatic imine (C=N–C) groups is 1. The Morgan fingerprint density at radius 2 is 1.93 bits per heavy atom. The number of aromatic amines is 1. The molecule has 3 rings (SSSR count). The van der Waals surface area contributed by atoms with Gasteiger partial charge >= 0.3 is 0 Å². The van der Waals surface area contributed by atoms with Gasteiger partial charge in [-0.05, 0) is 35.9 Å². The maximum absolute atomic E-state index is 13.3. The van der Waals surface area contributed by atoms with Gasteiger partial charge in [0.05, 0.1) is 5.02 Å². The van der Waals surface area contributed by atoms with Crippen molar-refractivity contribution in [1.29, 1.82) is 0 Å². The molecule has 0 saturated carbocycles. The highest BCUT2D eigenvalue weighted by atomic mass is 35.5. The molecular formula is C17H16ClFN8O. The summed E-state index contributed by atoms with van der Waals surface area (Å²) in [6, 6.07) is 9.06. The number of carbonyl (C=O) groups excluding carboxylic acids is 1. The van der Waals surface area contributed by atoms with Gasteiger partial charge in [0, 0.05) is 18.8 Å². The number of anilines is 2. The standard InChI is InChI=1S/C17H16ClFN8O/c1-22-13-7-14(26-17(25-13)27-16(20)21)24-15(28)12-5-4-11(23-12)8-2-3-10(19)9(18)6-8/h2-7,23H,1H3,(H6,20,21,22,24,25,26,27,28). The van der Waals surface area contributed by atoms with Crippen molar-refractivity contribution < 1.29 is 9.18 Å². The van der Waals surface area contributed by atoms with Gasteiger partial charge in [-0.15, -0.1) is 0 Å². The van der Waals surface area contributed by atoms with E-state index >= 15 is 0 Å². The third kappa shape index (κ3) is 4.35. The lowest BCUT2D eigenvalue weighted by Crippen LogP contribution is -2.22. The first-order valence-corrected chi connectivity index (χ1v) is 8.36. The maximum Gasteiger partial charge on any atom is 0.273 e. The van der Waals surface area contributed by atoms with Gasteiger partial charge in [0.2, 0.25) is 0 Å². The first-order valence-electron chi connectivity index (χ1n) is 7.98. The summed E-state index contributed by atoms with van der Waals surface area (Å²) in [5.74, 6) is -0.567. The molecule has 11 heteroatoms. The van der Waals surface area contributed by atoms with Crippen LogP contribution in [0.3, 0.4) is 0 Å². The van der Waals surface area contributed by atoms with E-state index in [0.29, 0.717) is 17.1 Å². The Labute approximate surface area is 164 Å². The molecule has 144 valence electrons. The van der Waals surface area contributed by atoms with Crippen LogP contribution < -0.4 is 22.1 Å². The van der Waals surface area contributed by atoms with E-state index in [1.807, 2.05) is 0 Å². The van der Waals surface area contributed by atoms with Crippen LogP contribution in [-0.4, -0.2) is 33.9 Å². The van der Waals surface area contributed by atoms with Crippen LogP contribution in [0.15, 0.2) is 41.4 Å². The molecule has 2 aromatic heterocycles. The molecule has 0 spiro atoms. The number of amides is 1. The average molecular weight is 403 g/mol. The Bertz CT molecular complexity index is 1060. The topological polar surface area (TPSA) is 147 Å². The second kappa shape index (κ2) is 7.92. The number of benzene rings is 1. The number of guanidine groups is 1. The third-order valence-corrected chi connectivity index (χ3v) is 3.89. The zero-order chi connectivity index (χ0) is 20.3. The van der Waals surface area contributed by atoms with E-state index in [1.165, 1.54) is 18.2 Å². The Morgan fingerprint density at radius 3 is 2.61 bits per heavy atom. The predicted octanol–water partition coefficient (Wildman–Crippen LogP) is 2.46. The minimum absolute atomic E-state index is 0.00437. The Balaban J connectivity index is 1.83. The highest BCUT2D eigenvalue weighted by Crippen LogP contribution is 2.25. The second-order valence-corrected chi connectivity index (χ2v) is 6.00. The van der Waals surface area contributed by atoms with E-state index in [0.717, 1.165) is 0 Å². The molecule has 0 aliphatic heterocycles. The molecule has 3 aromatic rings. The van der Waals surface area contributed by atoms with Gasteiger partial charge in [0.1, 0.15) is 23.1 Å². The average Bonchev–Trinajstić information content (AvgIpc) is 3.13. The monoisotopic (exact) mass is 402 g/mol. The quantitative estimate of drug-likeness (QED) is 0.327. The summed E-state index contributed by atoms with van der Waals surface area (Å²) in [4.78, 5) is 27.4. The van der Waals surface area contributed by atoms with Crippen molar-refractivity contribution in [1.82, 2.24) is 15.0 Å². The fourth-order valence-corrected chi connectivity index (χ4v) is 2.52. The third-order valence-electron chi connectivity index (χ3n) is 3.60. The summed E-state index contributed by atoms with van der Waals surface area (Å²) >= 11 is 5.80. The number of nitrogens with zero attached hydrogens (tertiary/aromatic N) is 3. The van der Waals surface area contributed by atoms with Crippen LogP contribution in [0, 0.1) is 5.82 Å². The summed E-state index contributed by atoms with van der Waals surface area (Å²) in [7, 11) is 1.65. The van der Waals surface area contributed by atoms with E-state index in [-0.39, 0.29) is 28.4 Å². The van der Waals surface area contributed by atoms with Gasteiger partial charge in [-0.3, -0.25) is 4.79 Å². The molecule has 0 unspecified atom stereocenters. The van der Waals surface area contributed by atoms with E-state index in [9.17, 15) is 9.18 Å². The van der Waals surface area contributed by atoms with Crippen LogP contribution >= 0.6 is 11.6 Å². The number of nitrogens with one attached hydrogen (secondary N) is 3. The molecule has 0 fully saturated rings. The lowest BCUT2D eigenvalue weighted by atomic mass is 10.1. The van der Waals surface area contributed by atoms with E-state index in [4.69, 9.17) is 23.1 Å². The van der Waals surface area contributed by atoms with Crippen molar-refractivity contribution in [3.8, 4) is 11.3 Å². The van der Waals surface area contributed by atoms with Crippen molar-refractivity contribution in [2.45, 2.75) is 0 Å². The molecule has 1 aromatic carbocycles. The summed E-state index contributed by atoms with van der Waals surface area (Å²) in [6.07, 6.45) is 0. The zero-order valence-electron chi connectivity index (χ0n) is 14.6. The van der Waals surface area contributed by atoms with E-state index in [2.05, 4.69) is 30.6 Å². The predicted molar refractivity (Wildman–Crippen MR) is 106 cm³/mol. The molecule has 0 aliphatic carbocycles. The molecule has 0 aliphatic rings. The van der Waals surface area contributed by atoms with Gasteiger partial charge in [-0.2, -0.15) is 15.0 Å². The van der Waals surface area contributed by atoms with Gasteiger partial charge in [0.25, 0.3) is 11.9 Å². The summed E-state index contributed by atoms with van der Waals surface area (Å²) < 4.78 is 13.3. The molecule has 0 atom stereocenters. The van der Waals surface area contributed by atoms with Crippen LogP contribution in [0.25, 0.3) is 11.3 Å². The molecule has 0 bridgehead atoms. The minimum atomic E-state index is -0.518. The molecule has 7 N–H and O–H groups in total. The fourth-order valence-electron chi connectivity index (χ4n) is 2.34. The largest absolute Gasteiger partial charge is 0.373 e. The number of hydrogen-bond donors (Lipinski definition) is 5. The van der Waals surface area contributed by atoms with Crippen molar-refractivity contribution in [2.75, 3.05) is 17.7 Å². The summed E-state index contributed by atoms with van der Waals surface area (Å²) in [5.41, 5.74) is 12.2. The minimum Gasteiger partial charge on any atom is -0.373 e. The number of hydrogen-bond acceptors (Lipinski definition) is 5. The molecule has 9 nitrogen and oxygen atoms in total.